The Labute approximate surface area is 168 Å². The SMILES string of the molecule is O=C(O)Nc1ccc(CCC(=O)Nc2ccc(CO)cc2)cc1-c1ccccc1. The molecule has 0 heterocycles. The van der Waals surface area contributed by atoms with Crippen LogP contribution in [0.4, 0.5) is 16.2 Å². The van der Waals surface area contributed by atoms with Gasteiger partial charge in [-0.1, -0.05) is 48.5 Å². The van der Waals surface area contributed by atoms with Gasteiger partial charge in [-0.15, -0.1) is 0 Å². The molecule has 0 bridgehead atoms. The second-order valence-electron chi connectivity index (χ2n) is 6.58. The van der Waals surface area contributed by atoms with Crippen LogP contribution in [0.25, 0.3) is 11.1 Å². The number of aryl methyl sites for hydroxylation is 1. The van der Waals surface area contributed by atoms with Crippen molar-refractivity contribution < 1.29 is 19.8 Å². The molecule has 0 atom stereocenters. The van der Waals surface area contributed by atoms with Crippen LogP contribution in [0.3, 0.4) is 0 Å². The van der Waals surface area contributed by atoms with Gasteiger partial charge in [-0.2, -0.15) is 0 Å². The lowest BCUT2D eigenvalue weighted by Crippen LogP contribution is -2.12. The third-order valence-corrected chi connectivity index (χ3v) is 4.47. The average molecular weight is 390 g/mol. The molecule has 0 aliphatic heterocycles. The number of anilines is 2. The highest BCUT2D eigenvalue weighted by Gasteiger charge is 2.10. The van der Waals surface area contributed by atoms with E-state index in [1.165, 1.54) is 0 Å². The van der Waals surface area contributed by atoms with E-state index in [0.29, 0.717) is 24.2 Å². The van der Waals surface area contributed by atoms with E-state index in [-0.39, 0.29) is 12.5 Å². The molecule has 0 fully saturated rings. The number of rotatable bonds is 7. The number of nitrogens with one attached hydrogen (secondary N) is 2. The highest BCUT2D eigenvalue weighted by atomic mass is 16.4. The maximum absolute atomic E-state index is 12.3. The van der Waals surface area contributed by atoms with Crippen LogP contribution in [0.5, 0.6) is 0 Å². The number of aliphatic hydroxyl groups excluding tert-OH is 1. The van der Waals surface area contributed by atoms with Gasteiger partial charge in [0.25, 0.3) is 0 Å². The summed E-state index contributed by atoms with van der Waals surface area (Å²) in [5.41, 5.74) is 4.56. The summed E-state index contributed by atoms with van der Waals surface area (Å²) in [5, 5.41) is 23.4. The van der Waals surface area contributed by atoms with Crippen LogP contribution in [0.1, 0.15) is 17.5 Å². The van der Waals surface area contributed by atoms with Crippen molar-refractivity contribution in [3.8, 4) is 11.1 Å². The summed E-state index contributed by atoms with van der Waals surface area (Å²) >= 11 is 0. The summed E-state index contributed by atoms with van der Waals surface area (Å²) < 4.78 is 0. The predicted octanol–water partition coefficient (Wildman–Crippen LogP) is 4.51. The highest BCUT2D eigenvalue weighted by molar-refractivity contribution is 5.92. The van der Waals surface area contributed by atoms with Gasteiger partial charge in [0.2, 0.25) is 5.91 Å². The van der Waals surface area contributed by atoms with Gasteiger partial charge < -0.3 is 15.5 Å². The first-order valence-electron chi connectivity index (χ1n) is 9.23. The van der Waals surface area contributed by atoms with Gasteiger partial charge in [-0.05, 0) is 47.4 Å². The number of carboxylic acid groups (broad SMARTS) is 1. The van der Waals surface area contributed by atoms with Gasteiger partial charge >= 0.3 is 6.09 Å². The number of hydrogen-bond donors (Lipinski definition) is 4. The maximum atomic E-state index is 12.3. The molecule has 0 saturated carbocycles. The largest absolute Gasteiger partial charge is 0.465 e. The molecule has 0 unspecified atom stereocenters. The molecule has 148 valence electrons. The molecule has 2 amide bonds. The van der Waals surface area contributed by atoms with Crippen LogP contribution in [0.2, 0.25) is 0 Å². The topological polar surface area (TPSA) is 98.7 Å². The van der Waals surface area contributed by atoms with Crippen molar-refractivity contribution in [2.75, 3.05) is 10.6 Å². The smallest absolute Gasteiger partial charge is 0.409 e. The molecule has 6 nitrogen and oxygen atoms in total. The Bertz CT molecular complexity index is 986. The van der Waals surface area contributed by atoms with Crippen molar-refractivity contribution >= 4 is 23.4 Å². The van der Waals surface area contributed by atoms with Gasteiger partial charge in [-0.25, -0.2) is 4.79 Å². The molecule has 3 aromatic rings. The van der Waals surface area contributed by atoms with Crippen molar-refractivity contribution in [2.45, 2.75) is 19.4 Å². The van der Waals surface area contributed by atoms with Crippen molar-refractivity contribution in [2.24, 2.45) is 0 Å². The Morgan fingerprint density at radius 3 is 2.17 bits per heavy atom. The first-order chi connectivity index (χ1) is 14.0. The first kappa shape index (κ1) is 20.1. The second kappa shape index (κ2) is 9.52. The highest BCUT2D eigenvalue weighted by Crippen LogP contribution is 2.29. The zero-order valence-corrected chi connectivity index (χ0v) is 15.8. The number of carbonyl (C=O) groups excluding carboxylic acids is 1. The number of benzene rings is 3. The molecular formula is C23H22N2O4. The molecule has 0 saturated heterocycles. The molecule has 0 aliphatic carbocycles. The number of carbonyl (C=O) groups is 2. The summed E-state index contributed by atoms with van der Waals surface area (Å²) in [6.45, 7) is -0.0370. The molecule has 3 aromatic carbocycles. The van der Waals surface area contributed by atoms with E-state index in [1.807, 2.05) is 42.5 Å². The third-order valence-electron chi connectivity index (χ3n) is 4.47. The van der Waals surface area contributed by atoms with Crippen LogP contribution in [0, 0.1) is 0 Å². The summed E-state index contributed by atoms with van der Waals surface area (Å²) in [6, 6.07) is 22.0. The van der Waals surface area contributed by atoms with Crippen LogP contribution in [0.15, 0.2) is 72.8 Å². The lowest BCUT2D eigenvalue weighted by molar-refractivity contribution is -0.116. The van der Waals surface area contributed by atoms with E-state index in [0.717, 1.165) is 22.3 Å². The van der Waals surface area contributed by atoms with Crippen molar-refractivity contribution in [3.63, 3.8) is 0 Å². The lowest BCUT2D eigenvalue weighted by atomic mass is 9.99. The zero-order chi connectivity index (χ0) is 20.6. The van der Waals surface area contributed by atoms with E-state index in [2.05, 4.69) is 10.6 Å². The Kier molecular flexibility index (Phi) is 6.60. The Balaban J connectivity index is 1.70. The fraction of sp³-hybridized carbons (Fsp3) is 0.130. The third kappa shape index (κ3) is 5.67. The summed E-state index contributed by atoms with van der Waals surface area (Å²) in [6.07, 6.45) is -0.309. The fourth-order valence-corrected chi connectivity index (χ4v) is 3.00. The minimum Gasteiger partial charge on any atom is -0.465 e. The van der Waals surface area contributed by atoms with Crippen molar-refractivity contribution in [1.29, 1.82) is 0 Å². The van der Waals surface area contributed by atoms with Crippen molar-refractivity contribution in [1.82, 2.24) is 0 Å². The molecule has 4 N–H and O–H groups in total. The second-order valence-corrected chi connectivity index (χ2v) is 6.58. The quantitative estimate of drug-likeness (QED) is 0.477. The van der Waals surface area contributed by atoms with Crippen molar-refractivity contribution in [3.05, 3.63) is 83.9 Å². The Hall–Kier alpha value is -3.64. The molecule has 0 radical (unpaired) electrons. The number of hydrogen-bond acceptors (Lipinski definition) is 3. The minimum atomic E-state index is -1.12. The molecular weight excluding hydrogens is 368 g/mol. The summed E-state index contributed by atoms with van der Waals surface area (Å²) in [4.78, 5) is 23.3. The molecule has 0 spiro atoms. The van der Waals surface area contributed by atoms with Gasteiger partial charge in [0.1, 0.15) is 0 Å². The summed E-state index contributed by atoms with van der Waals surface area (Å²) in [7, 11) is 0. The predicted molar refractivity (Wildman–Crippen MR) is 113 cm³/mol. The van der Waals surface area contributed by atoms with Gasteiger partial charge in [-0.3, -0.25) is 10.1 Å². The fourth-order valence-electron chi connectivity index (χ4n) is 3.00. The van der Waals surface area contributed by atoms with E-state index < -0.39 is 6.09 Å². The normalized spacial score (nSPS) is 10.4. The minimum absolute atomic E-state index is 0.0370. The number of aliphatic hydroxyl groups is 1. The van der Waals surface area contributed by atoms with Gasteiger partial charge in [0, 0.05) is 17.7 Å². The maximum Gasteiger partial charge on any atom is 0.409 e. The van der Waals surface area contributed by atoms with Crippen LogP contribution in [-0.2, 0) is 17.8 Å². The first-order valence-corrected chi connectivity index (χ1v) is 9.23. The van der Waals surface area contributed by atoms with Gasteiger partial charge in [0.15, 0.2) is 0 Å². The Morgan fingerprint density at radius 1 is 0.828 bits per heavy atom. The van der Waals surface area contributed by atoms with E-state index >= 15 is 0 Å². The van der Waals surface area contributed by atoms with Crippen LogP contribution < -0.4 is 10.6 Å². The molecule has 3 rings (SSSR count). The monoisotopic (exact) mass is 390 g/mol. The molecule has 0 aliphatic rings. The summed E-state index contributed by atoms with van der Waals surface area (Å²) in [5.74, 6) is -0.115. The van der Waals surface area contributed by atoms with E-state index in [9.17, 15) is 9.59 Å². The molecule has 6 heteroatoms. The average Bonchev–Trinajstić information content (AvgIpc) is 2.74. The van der Waals surface area contributed by atoms with Crippen LogP contribution in [-0.4, -0.2) is 22.2 Å². The van der Waals surface area contributed by atoms with E-state index in [1.54, 1.807) is 30.3 Å². The zero-order valence-electron chi connectivity index (χ0n) is 15.8. The Morgan fingerprint density at radius 2 is 1.52 bits per heavy atom. The van der Waals surface area contributed by atoms with Crippen LogP contribution >= 0.6 is 0 Å². The molecule has 0 aromatic heterocycles. The van der Waals surface area contributed by atoms with E-state index in [4.69, 9.17) is 10.2 Å². The lowest BCUT2D eigenvalue weighted by Gasteiger charge is -2.12. The number of amides is 2. The molecule has 29 heavy (non-hydrogen) atoms. The standard InChI is InChI=1S/C23H22N2O4/c26-15-17-6-10-19(11-7-17)24-22(27)13-9-16-8-12-21(25-23(28)29)20(14-16)18-4-2-1-3-5-18/h1-8,10-12,14,25-26H,9,13,15H2,(H,24,27)(H,28,29). The van der Waals surface area contributed by atoms with Gasteiger partial charge in [0.05, 0.1) is 12.3 Å².